The number of sulfonamides is 1. The average molecular weight is 369 g/mol. The van der Waals surface area contributed by atoms with E-state index in [1.807, 2.05) is 26.0 Å². The van der Waals surface area contributed by atoms with E-state index in [4.69, 9.17) is 5.14 Å². The molecule has 0 heterocycles. The summed E-state index contributed by atoms with van der Waals surface area (Å²) < 4.78 is 23.5. The van der Waals surface area contributed by atoms with E-state index in [1.54, 1.807) is 12.1 Å². The van der Waals surface area contributed by atoms with Crippen molar-refractivity contribution < 1.29 is 8.42 Å². The number of hydrogen-bond acceptors (Lipinski definition) is 3. The zero-order valence-electron chi connectivity index (χ0n) is 11.8. The summed E-state index contributed by atoms with van der Waals surface area (Å²) in [4.78, 5) is 0.122. The van der Waals surface area contributed by atoms with Gasteiger partial charge in [-0.25, -0.2) is 13.6 Å². The Labute approximate surface area is 133 Å². The minimum absolute atomic E-state index is 0.0493. The molecule has 1 atom stereocenters. The number of halogens is 1. The van der Waals surface area contributed by atoms with Crippen molar-refractivity contribution in [3.05, 3.63) is 58.1 Å². The van der Waals surface area contributed by atoms with Crippen LogP contribution in [0.1, 0.15) is 24.1 Å². The van der Waals surface area contributed by atoms with E-state index >= 15 is 0 Å². The Balaban J connectivity index is 2.18. The highest BCUT2D eigenvalue weighted by Crippen LogP contribution is 2.24. The summed E-state index contributed by atoms with van der Waals surface area (Å²) in [6, 6.07) is 12.7. The molecule has 0 bridgehead atoms. The van der Waals surface area contributed by atoms with Crippen molar-refractivity contribution in [3.8, 4) is 0 Å². The Hall–Kier alpha value is -1.37. The maximum Gasteiger partial charge on any atom is 0.238 e. The molecule has 0 aliphatic heterocycles. The second kappa shape index (κ2) is 6.17. The molecule has 0 aliphatic rings. The van der Waals surface area contributed by atoms with Gasteiger partial charge in [0, 0.05) is 16.2 Å². The highest BCUT2D eigenvalue weighted by atomic mass is 79.9. The van der Waals surface area contributed by atoms with Crippen LogP contribution in [-0.4, -0.2) is 8.42 Å². The van der Waals surface area contributed by atoms with Gasteiger partial charge in [0.15, 0.2) is 0 Å². The second-order valence-electron chi connectivity index (χ2n) is 5.00. The molecule has 0 saturated heterocycles. The van der Waals surface area contributed by atoms with E-state index in [-0.39, 0.29) is 10.9 Å². The van der Waals surface area contributed by atoms with Crippen LogP contribution in [0, 0.1) is 6.92 Å². The van der Waals surface area contributed by atoms with Crippen LogP contribution in [0.5, 0.6) is 0 Å². The number of anilines is 1. The zero-order chi connectivity index (χ0) is 15.6. The molecule has 0 spiro atoms. The van der Waals surface area contributed by atoms with Gasteiger partial charge in [0.2, 0.25) is 10.0 Å². The molecule has 2 rings (SSSR count). The zero-order valence-corrected chi connectivity index (χ0v) is 14.2. The molecule has 1 unspecified atom stereocenters. The fourth-order valence-corrected chi connectivity index (χ4v) is 3.22. The predicted molar refractivity (Wildman–Crippen MR) is 88.7 cm³/mol. The van der Waals surface area contributed by atoms with Gasteiger partial charge in [-0.1, -0.05) is 28.1 Å². The van der Waals surface area contributed by atoms with E-state index in [0.29, 0.717) is 0 Å². The molecule has 2 aromatic carbocycles. The molecule has 3 N–H and O–H groups in total. The molecular formula is C15H17BrN2O2S. The number of nitrogens with one attached hydrogen (secondary N) is 1. The molecule has 2 aromatic rings. The first-order valence-electron chi connectivity index (χ1n) is 6.42. The van der Waals surface area contributed by atoms with Gasteiger partial charge in [-0.3, -0.25) is 0 Å². The number of nitrogens with two attached hydrogens (primary N) is 1. The van der Waals surface area contributed by atoms with Crippen LogP contribution < -0.4 is 10.5 Å². The SMILES string of the molecule is Cc1cc(Br)cc(NC(C)c2ccc(S(N)(=O)=O)cc2)c1. The van der Waals surface area contributed by atoms with Crippen LogP contribution in [-0.2, 0) is 10.0 Å². The van der Waals surface area contributed by atoms with Gasteiger partial charge in [-0.05, 0) is 55.3 Å². The van der Waals surface area contributed by atoms with E-state index in [0.717, 1.165) is 21.3 Å². The molecule has 0 aliphatic carbocycles. The standard InChI is InChI=1S/C15H17BrN2O2S/c1-10-7-13(16)9-14(8-10)18-11(2)12-3-5-15(6-4-12)21(17,19)20/h3-9,11,18H,1-2H3,(H2,17,19,20). The summed E-state index contributed by atoms with van der Waals surface area (Å²) in [7, 11) is -3.64. The van der Waals surface area contributed by atoms with Crippen LogP contribution in [0.2, 0.25) is 0 Å². The Bertz CT molecular complexity index is 723. The first kappa shape index (κ1) is 16.0. The molecule has 0 fully saturated rings. The van der Waals surface area contributed by atoms with Crippen molar-refractivity contribution in [1.82, 2.24) is 0 Å². The van der Waals surface area contributed by atoms with Crippen LogP contribution in [0.3, 0.4) is 0 Å². The lowest BCUT2D eigenvalue weighted by Crippen LogP contribution is -2.12. The summed E-state index contributed by atoms with van der Waals surface area (Å²) in [6.07, 6.45) is 0. The predicted octanol–water partition coefficient (Wildman–Crippen LogP) is 3.58. The molecule has 112 valence electrons. The van der Waals surface area contributed by atoms with Crippen molar-refractivity contribution in [1.29, 1.82) is 0 Å². The van der Waals surface area contributed by atoms with Crippen LogP contribution >= 0.6 is 15.9 Å². The van der Waals surface area contributed by atoms with Gasteiger partial charge in [-0.2, -0.15) is 0 Å². The third-order valence-corrected chi connectivity index (χ3v) is 4.52. The Morgan fingerprint density at radius 3 is 2.29 bits per heavy atom. The van der Waals surface area contributed by atoms with E-state index in [1.165, 1.54) is 12.1 Å². The molecule has 0 saturated carbocycles. The number of primary sulfonamides is 1. The average Bonchev–Trinajstić information content (AvgIpc) is 2.36. The second-order valence-corrected chi connectivity index (χ2v) is 7.47. The summed E-state index contributed by atoms with van der Waals surface area (Å²) in [5.41, 5.74) is 3.15. The summed E-state index contributed by atoms with van der Waals surface area (Å²) in [6.45, 7) is 4.05. The Morgan fingerprint density at radius 2 is 1.76 bits per heavy atom. The Kier molecular flexibility index (Phi) is 4.70. The highest BCUT2D eigenvalue weighted by Gasteiger charge is 2.10. The third-order valence-electron chi connectivity index (χ3n) is 3.13. The Morgan fingerprint density at radius 1 is 1.14 bits per heavy atom. The lowest BCUT2D eigenvalue weighted by molar-refractivity contribution is 0.597. The van der Waals surface area contributed by atoms with Gasteiger partial charge in [0.05, 0.1) is 4.90 Å². The summed E-state index contributed by atoms with van der Waals surface area (Å²) in [5.74, 6) is 0. The quantitative estimate of drug-likeness (QED) is 0.865. The maximum absolute atomic E-state index is 11.2. The minimum Gasteiger partial charge on any atom is -0.378 e. The van der Waals surface area contributed by atoms with Crippen LogP contribution in [0.25, 0.3) is 0 Å². The minimum atomic E-state index is -3.64. The number of hydrogen-bond donors (Lipinski definition) is 2. The number of benzene rings is 2. The monoisotopic (exact) mass is 368 g/mol. The summed E-state index contributed by atoms with van der Waals surface area (Å²) in [5, 5.41) is 8.48. The van der Waals surface area contributed by atoms with Gasteiger partial charge >= 0.3 is 0 Å². The van der Waals surface area contributed by atoms with Gasteiger partial charge in [0.1, 0.15) is 0 Å². The first-order valence-corrected chi connectivity index (χ1v) is 8.76. The summed E-state index contributed by atoms with van der Waals surface area (Å²) >= 11 is 3.47. The van der Waals surface area contributed by atoms with Crippen molar-refractivity contribution in [3.63, 3.8) is 0 Å². The lowest BCUT2D eigenvalue weighted by Gasteiger charge is -2.17. The lowest BCUT2D eigenvalue weighted by atomic mass is 10.1. The fourth-order valence-electron chi connectivity index (χ4n) is 2.10. The van der Waals surface area contributed by atoms with Crippen LogP contribution in [0.4, 0.5) is 5.69 Å². The van der Waals surface area contributed by atoms with Gasteiger partial charge in [0.25, 0.3) is 0 Å². The molecule has 6 heteroatoms. The van der Waals surface area contributed by atoms with E-state index in [2.05, 4.69) is 27.3 Å². The third kappa shape index (κ3) is 4.30. The van der Waals surface area contributed by atoms with Gasteiger partial charge in [-0.15, -0.1) is 0 Å². The van der Waals surface area contributed by atoms with Crippen molar-refractivity contribution in [2.75, 3.05) is 5.32 Å². The van der Waals surface area contributed by atoms with E-state index in [9.17, 15) is 8.42 Å². The molecule has 4 nitrogen and oxygen atoms in total. The largest absolute Gasteiger partial charge is 0.378 e. The maximum atomic E-state index is 11.2. The van der Waals surface area contributed by atoms with Gasteiger partial charge < -0.3 is 5.32 Å². The van der Waals surface area contributed by atoms with Crippen molar-refractivity contribution in [2.24, 2.45) is 5.14 Å². The normalized spacial score (nSPS) is 13.0. The number of rotatable bonds is 4. The molecule has 0 radical (unpaired) electrons. The molecular weight excluding hydrogens is 352 g/mol. The first-order chi connectivity index (χ1) is 9.75. The smallest absolute Gasteiger partial charge is 0.238 e. The van der Waals surface area contributed by atoms with Crippen LogP contribution in [0.15, 0.2) is 51.8 Å². The molecule has 21 heavy (non-hydrogen) atoms. The van der Waals surface area contributed by atoms with Crippen molar-refractivity contribution >= 4 is 31.6 Å². The highest BCUT2D eigenvalue weighted by molar-refractivity contribution is 9.10. The topological polar surface area (TPSA) is 72.2 Å². The molecule has 0 amide bonds. The molecule has 0 aromatic heterocycles. The van der Waals surface area contributed by atoms with Crippen molar-refractivity contribution in [2.45, 2.75) is 24.8 Å². The number of aryl methyl sites for hydroxylation is 1. The van der Waals surface area contributed by atoms with E-state index < -0.39 is 10.0 Å². The fraction of sp³-hybridized carbons (Fsp3) is 0.200.